The van der Waals surface area contributed by atoms with E-state index >= 15 is 0 Å². The third-order valence-corrected chi connectivity index (χ3v) is 2.82. The molecule has 1 atom stereocenters. The first-order chi connectivity index (χ1) is 9.60. The molecule has 1 aromatic carbocycles. The van der Waals surface area contributed by atoms with Gasteiger partial charge in [0.05, 0.1) is 4.92 Å². The summed E-state index contributed by atoms with van der Waals surface area (Å²) in [4.78, 5) is 14.6. The predicted octanol–water partition coefficient (Wildman–Crippen LogP) is 2.19. The van der Waals surface area contributed by atoms with Crippen LogP contribution in [-0.2, 0) is 6.42 Å². The Morgan fingerprint density at radius 2 is 2.30 bits per heavy atom. The number of benzene rings is 1. The van der Waals surface area contributed by atoms with E-state index in [1.54, 1.807) is 12.1 Å². The quantitative estimate of drug-likeness (QED) is 0.642. The minimum atomic E-state index is -0.447. The van der Waals surface area contributed by atoms with Crippen LogP contribution in [-0.4, -0.2) is 27.7 Å². The maximum atomic E-state index is 10.7. The summed E-state index contributed by atoms with van der Waals surface area (Å²) in [5.74, 6) is 0.882. The van der Waals surface area contributed by atoms with E-state index in [2.05, 4.69) is 15.5 Å². The van der Waals surface area contributed by atoms with Gasteiger partial charge in [-0.2, -0.15) is 4.98 Å². The highest BCUT2D eigenvalue weighted by molar-refractivity contribution is 5.58. The Morgan fingerprint density at radius 3 is 3.00 bits per heavy atom. The first kappa shape index (κ1) is 14.1. The SMILES string of the molecule is CCNC(C)Cc1nc(-c2cccc([N+](=O)[O-])c2)no1. The van der Waals surface area contributed by atoms with Gasteiger partial charge in [0.2, 0.25) is 11.7 Å². The van der Waals surface area contributed by atoms with E-state index in [1.807, 2.05) is 13.8 Å². The van der Waals surface area contributed by atoms with Crippen LogP contribution in [0.5, 0.6) is 0 Å². The molecule has 0 amide bonds. The van der Waals surface area contributed by atoms with Crippen LogP contribution in [0.4, 0.5) is 5.69 Å². The van der Waals surface area contributed by atoms with Crippen LogP contribution in [0.2, 0.25) is 0 Å². The molecule has 1 N–H and O–H groups in total. The second-order valence-electron chi connectivity index (χ2n) is 4.48. The number of likely N-dealkylation sites (N-methyl/N-ethyl adjacent to an activating group) is 1. The first-order valence-corrected chi connectivity index (χ1v) is 6.41. The minimum Gasteiger partial charge on any atom is -0.339 e. The van der Waals surface area contributed by atoms with Crippen molar-refractivity contribution in [3.63, 3.8) is 0 Å². The van der Waals surface area contributed by atoms with E-state index in [1.165, 1.54) is 12.1 Å². The zero-order valence-corrected chi connectivity index (χ0v) is 11.4. The molecule has 0 aliphatic carbocycles. The van der Waals surface area contributed by atoms with Crippen molar-refractivity contribution in [2.75, 3.05) is 6.54 Å². The number of aromatic nitrogens is 2. The van der Waals surface area contributed by atoms with E-state index in [-0.39, 0.29) is 11.7 Å². The summed E-state index contributed by atoms with van der Waals surface area (Å²) in [6, 6.07) is 6.42. The average molecular weight is 276 g/mol. The number of nitrogens with one attached hydrogen (secondary N) is 1. The molecular formula is C13H16N4O3. The van der Waals surface area contributed by atoms with Crippen molar-refractivity contribution in [1.29, 1.82) is 0 Å². The van der Waals surface area contributed by atoms with Crippen LogP contribution < -0.4 is 5.32 Å². The lowest BCUT2D eigenvalue weighted by Gasteiger charge is -2.07. The molecule has 0 saturated heterocycles. The molecule has 0 saturated carbocycles. The molecule has 0 bridgehead atoms. The molecule has 106 valence electrons. The highest BCUT2D eigenvalue weighted by Gasteiger charge is 2.14. The summed E-state index contributed by atoms with van der Waals surface area (Å²) in [7, 11) is 0. The maximum absolute atomic E-state index is 10.7. The van der Waals surface area contributed by atoms with Crippen molar-refractivity contribution in [3.05, 3.63) is 40.3 Å². The van der Waals surface area contributed by atoms with Gasteiger partial charge in [0, 0.05) is 30.2 Å². The highest BCUT2D eigenvalue weighted by atomic mass is 16.6. The van der Waals surface area contributed by atoms with Crippen molar-refractivity contribution >= 4 is 5.69 Å². The van der Waals surface area contributed by atoms with E-state index in [0.717, 1.165) is 6.54 Å². The van der Waals surface area contributed by atoms with Crippen LogP contribution in [0.15, 0.2) is 28.8 Å². The monoisotopic (exact) mass is 276 g/mol. The van der Waals surface area contributed by atoms with Crippen LogP contribution in [0.25, 0.3) is 11.4 Å². The minimum absolute atomic E-state index is 0.00914. The Hall–Kier alpha value is -2.28. The van der Waals surface area contributed by atoms with E-state index in [4.69, 9.17) is 4.52 Å². The molecule has 2 rings (SSSR count). The smallest absolute Gasteiger partial charge is 0.270 e. The van der Waals surface area contributed by atoms with Crippen molar-refractivity contribution in [1.82, 2.24) is 15.5 Å². The number of non-ortho nitro benzene ring substituents is 1. The topological polar surface area (TPSA) is 94.1 Å². The second kappa shape index (κ2) is 6.25. The third-order valence-electron chi connectivity index (χ3n) is 2.82. The fourth-order valence-electron chi connectivity index (χ4n) is 1.90. The maximum Gasteiger partial charge on any atom is 0.270 e. The molecule has 1 unspecified atom stereocenters. The molecule has 0 aliphatic rings. The zero-order valence-electron chi connectivity index (χ0n) is 11.4. The molecular weight excluding hydrogens is 260 g/mol. The molecule has 1 aromatic heterocycles. The van der Waals surface area contributed by atoms with E-state index in [0.29, 0.717) is 23.7 Å². The fourth-order valence-corrected chi connectivity index (χ4v) is 1.90. The lowest BCUT2D eigenvalue weighted by atomic mass is 10.2. The Labute approximate surface area is 116 Å². The fraction of sp³-hybridized carbons (Fsp3) is 0.385. The normalized spacial score (nSPS) is 12.3. The Balaban J connectivity index is 2.16. The Bertz CT molecular complexity index is 597. The molecule has 1 heterocycles. The second-order valence-corrected chi connectivity index (χ2v) is 4.48. The summed E-state index contributed by atoms with van der Waals surface area (Å²) in [5.41, 5.74) is 0.583. The molecule has 20 heavy (non-hydrogen) atoms. The summed E-state index contributed by atoms with van der Waals surface area (Å²) >= 11 is 0. The largest absolute Gasteiger partial charge is 0.339 e. The number of nitrogens with zero attached hydrogens (tertiary/aromatic N) is 3. The summed E-state index contributed by atoms with van der Waals surface area (Å²) in [5, 5.41) is 17.9. The summed E-state index contributed by atoms with van der Waals surface area (Å²) < 4.78 is 5.17. The van der Waals surface area contributed by atoms with Gasteiger partial charge in [-0.05, 0) is 13.5 Å². The van der Waals surface area contributed by atoms with Gasteiger partial charge < -0.3 is 9.84 Å². The summed E-state index contributed by atoms with van der Waals surface area (Å²) in [6.07, 6.45) is 0.621. The van der Waals surface area contributed by atoms with Gasteiger partial charge in [0.1, 0.15) is 0 Å². The molecule has 7 nitrogen and oxygen atoms in total. The van der Waals surface area contributed by atoms with Crippen molar-refractivity contribution in [2.24, 2.45) is 0 Å². The lowest BCUT2D eigenvalue weighted by Crippen LogP contribution is -2.27. The van der Waals surface area contributed by atoms with Gasteiger partial charge in [-0.15, -0.1) is 0 Å². The molecule has 0 fully saturated rings. The van der Waals surface area contributed by atoms with Gasteiger partial charge in [0.25, 0.3) is 5.69 Å². The van der Waals surface area contributed by atoms with Crippen molar-refractivity contribution < 1.29 is 9.45 Å². The molecule has 0 spiro atoms. The lowest BCUT2D eigenvalue weighted by molar-refractivity contribution is -0.384. The van der Waals surface area contributed by atoms with Crippen LogP contribution in [0.1, 0.15) is 19.7 Å². The van der Waals surface area contributed by atoms with Crippen LogP contribution in [0, 0.1) is 10.1 Å². The molecule has 0 radical (unpaired) electrons. The van der Waals surface area contributed by atoms with Crippen LogP contribution in [0.3, 0.4) is 0 Å². The van der Waals surface area contributed by atoms with Crippen LogP contribution >= 0.6 is 0 Å². The van der Waals surface area contributed by atoms with E-state index < -0.39 is 4.92 Å². The Morgan fingerprint density at radius 1 is 1.50 bits per heavy atom. The van der Waals surface area contributed by atoms with Gasteiger partial charge in [-0.1, -0.05) is 24.2 Å². The number of rotatable bonds is 6. The Kier molecular flexibility index (Phi) is 4.41. The molecule has 7 heteroatoms. The first-order valence-electron chi connectivity index (χ1n) is 6.41. The predicted molar refractivity (Wildman–Crippen MR) is 73.2 cm³/mol. The van der Waals surface area contributed by atoms with Gasteiger partial charge in [-0.25, -0.2) is 0 Å². The van der Waals surface area contributed by atoms with Gasteiger partial charge >= 0.3 is 0 Å². The van der Waals surface area contributed by atoms with Gasteiger partial charge in [0.15, 0.2) is 0 Å². The van der Waals surface area contributed by atoms with E-state index in [9.17, 15) is 10.1 Å². The summed E-state index contributed by atoms with van der Waals surface area (Å²) in [6.45, 7) is 4.92. The highest BCUT2D eigenvalue weighted by Crippen LogP contribution is 2.21. The van der Waals surface area contributed by atoms with Gasteiger partial charge in [-0.3, -0.25) is 10.1 Å². The number of hydrogen-bond acceptors (Lipinski definition) is 6. The standard InChI is InChI=1S/C13H16N4O3/c1-3-14-9(2)7-12-15-13(16-20-12)10-5-4-6-11(8-10)17(18)19/h4-6,8-9,14H,3,7H2,1-2H3. The molecule has 2 aromatic rings. The number of nitro groups is 1. The van der Waals surface area contributed by atoms with Crippen molar-refractivity contribution in [2.45, 2.75) is 26.3 Å². The number of nitro benzene ring substituents is 1. The number of hydrogen-bond donors (Lipinski definition) is 1. The molecule has 0 aliphatic heterocycles. The zero-order chi connectivity index (χ0) is 14.5. The van der Waals surface area contributed by atoms with Crippen molar-refractivity contribution in [3.8, 4) is 11.4 Å². The third kappa shape index (κ3) is 3.39. The average Bonchev–Trinajstić information content (AvgIpc) is 2.87.